The van der Waals surface area contributed by atoms with E-state index in [1.54, 1.807) is 12.1 Å². The number of nitrogens with zero attached hydrogens (tertiary/aromatic N) is 1. The van der Waals surface area contributed by atoms with Gasteiger partial charge in [0.05, 0.1) is 4.90 Å². The monoisotopic (exact) mass is 297 g/mol. The number of nitrogens with one attached hydrogen (secondary N) is 2. The second-order valence-electron chi connectivity index (χ2n) is 5.51. The standard InChI is InChI=1S/C14H23N3O2S/c1-11-10-17(3)9-8-14(11)16-12-4-6-13(7-5-12)20(18,19)15-2/h4-7,11,14-16H,8-10H2,1-3H3. The number of piperidine rings is 1. The predicted octanol–water partition coefficient (Wildman–Crippen LogP) is 1.35. The van der Waals surface area contributed by atoms with Crippen LogP contribution in [0.15, 0.2) is 29.2 Å². The molecule has 0 bridgehead atoms. The number of sulfonamides is 1. The minimum absolute atomic E-state index is 0.293. The Balaban J connectivity index is 2.04. The maximum absolute atomic E-state index is 11.7. The van der Waals surface area contributed by atoms with E-state index >= 15 is 0 Å². The van der Waals surface area contributed by atoms with Crippen molar-refractivity contribution in [3.8, 4) is 0 Å². The Morgan fingerprint density at radius 1 is 1.25 bits per heavy atom. The summed E-state index contributed by atoms with van der Waals surface area (Å²) in [7, 11) is 0.211. The van der Waals surface area contributed by atoms with Gasteiger partial charge in [-0.2, -0.15) is 0 Å². The maximum Gasteiger partial charge on any atom is 0.240 e. The van der Waals surface area contributed by atoms with Crippen LogP contribution in [0.5, 0.6) is 0 Å². The van der Waals surface area contributed by atoms with Crippen LogP contribution in [0.4, 0.5) is 5.69 Å². The molecule has 1 aliphatic heterocycles. The molecule has 2 atom stereocenters. The molecule has 0 saturated carbocycles. The fraction of sp³-hybridized carbons (Fsp3) is 0.571. The van der Waals surface area contributed by atoms with Crippen LogP contribution in [-0.2, 0) is 10.0 Å². The Hall–Kier alpha value is -1.11. The molecule has 0 amide bonds. The summed E-state index contributed by atoms with van der Waals surface area (Å²) in [4.78, 5) is 2.63. The van der Waals surface area contributed by atoms with Crippen molar-refractivity contribution in [2.45, 2.75) is 24.3 Å². The van der Waals surface area contributed by atoms with Crippen LogP contribution in [0.3, 0.4) is 0 Å². The van der Waals surface area contributed by atoms with Gasteiger partial charge in [-0.1, -0.05) is 6.92 Å². The summed E-state index contributed by atoms with van der Waals surface area (Å²) in [6.07, 6.45) is 1.11. The molecule has 1 heterocycles. The van der Waals surface area contributed by atoms with Gasteiger partial charge in [0.2, 0.25) is 10.0 Å². The van der Waals surface area contributed by atoms with Crippen molar-refractivity contribution < 1.29 is 8.42 Å². The molecule has 1 aromatic rings. The zero-order valence-corrected chi connectivity index (χ0v) is 13.1. The van der Waals surface area contributed by atoms with Crippen LogP contribution in [-0.4, -0.2) is 46.5 Å². The van der Waals surface area contributed by atoms with Crippen LogP contribution in [0.25, 0.3) is 0 Å². The largest absolute Gasteiger partial charge is 0.382 e. The molecular formula is C14H23N3O2S. The Labute approximate surface area is 121 Å². The summed E-state index contributed by atoms with van der Waals surface area (Å²) < 4.78 is 25.6. The van der Waals surface area contributed by atoms with Crippen molar-refractivity contribution in [1.29, 1.82) is 0 Å². The van der Waals surface area contributed by atoms with Crippen LogP contribution >= 0.6 is 0 Å². The van der Waals surface area contributed by atoms with E-state index in [1.807, 2.05) is 12.1 Å². The van der Waals surface area contributed by atoms with E-state index in [0.29, 0.717) is 16.9 Å². The number of benzene rings is 1. The summed E-state index contributed by atoms with van der Waals surface area (Å²) in [6, 6.07) is 7.37. The molecule has 5 nitrogen and oxygen atoms in total. The van der Waals surface area contributed by atoms with Crippen molar-refractivity contribution in [3.05, 3.63) is 24.3 Å². The van der Waals surface area contributed by atoms with Gasteiger partial charge in [-0.15, -0.1) is 0 Å². The van der Waals surface area contributed by atoms with Crippen LogP contribution < -0.4 is 10.0 Å². The van der Waals surface area contributed by atoms with E-state index in [0.717, 1.165) is 25.2 Å². The van der Waals surface area contributed by atoms with Crippen molar-refractivity contribution in [1.82, 2.24) is 9.62 Å². The zero-order valence-electron chi connectivity index (χ0n) is 12.3. The zero-order chi connectivity index (χ0) is 14.8. The molecule has 112 valence electrons. The van der Waals surface area contributed by atoms with E-state index in [4.69, 9.17) is 0 Å². The second-order valence-corrected chi connectivity index (χ2v) is 7.40. The lowest BCUT2D eigenvalue weighted by atomic mass is 9.94. The SMILES string of the molecule is CNS(=O)(=O)c1ccc(NC2CCN(C)CC2C)cc1. The number of hydrogen-bond acceptors (Lipinski definition) is 4. The second kappa shape index (κ2) is 6.11. The van der Waals surface area contributed by atoms with Gasteiger partial charge < -0.3 is 10.2 Å². The third-order valence-electron chi connectivity index (χ3n) is 3.89. The summed E-state index contributed by atoms with van der Waals surface area (Å²) in [5.41, 5.74) is 0.974. The molecule has 0 spiro atoms. The third-order valence-corrected chi connectivity index (χ3v) is 5.32. The van der Waals surface area contributed by atoms with Gasteiger partial charge in [0.1, 0.15) is 0 Å². The van der Waals surface area contributed by atoms with Crippen molar-refractivity contribution in [2.24, 2.45) is 5.92 Å². The molecule has 1 fully saturated rings. The lowest BCUT2D eigenvalue weighted by Crippen LogP contribution is -2.43. The molecule has 0 aliphatic carbocycles. The molecule has 1 aliphatic rings. The summed E-state index contributed by atoms with van der Waals surface area (Å²) in [6.45, 7) is 4.42. The highest BCUT2D eigenvalue weighted by atomic mass is 32.2. The van der Waals surface area contributed by atoms with Gasteiger partial charge in [-0.05, 0) is 57.2 Å². The lowest BCUT2D eigenvalue weighted by molar-refractivity contribution is 0.206. The van der Waals surface area contributed by atoms with Gasteiger partial charge in [0.15, 0.2) is 0 Å². The van der Waals surface area contributed by atoms with Crippen LogP contribution in [0.1, 0.15) is 13.3 Å². The van der Waals surface area contributed by atoms with E-state index in [9.17, 15) is 8.42 Å². The van der Waals surface area contributed by atoms with Gasteiger partial charge in [0.25, 0.3) is 0 Å². The molecule has 1 saturated heterocycles. The fourth-order valence-corrected chi connectivity index (χ4v) is 3.36. The van der Waals surface area contributed by atoms with E-state index in [2.05, 4.69) is 28.9 Å². The smallest absolute Gasteiger partial charge is 0.240 e. The quantitative estimate of drug-likeness (QED) is 0.880. The first kappa shape index (κ1) is 15.3. The normalized spacial score (nSPS) is 24.6. The maximum atomic E-state index is 11.7. The number of likely N-dealkylation sites (tertiary alicyclic amines) is 1. The van der Waals surface area contributed by atoms with Gasteiger partial charge in [-0.3, -0.25) is 0 Å². The first-order valence-corrected chi connectivity index (χ1v) is 8.39. The van der Waals surface area contributed by atoms with E-state index < -0.39 is 10.0 Å². The molecule has 1 aromatic carbocycles. The average Bonchev–Trinajstić information content (AvgIpc) is 2.42. The average molecular weight is 297 g/mol. The van der Waals surface area contributed by atoms with Crippen LogP contribution in [0.2, 0.25) is 0 Å². The molecule has 2 rings (SSSR count). The summed E-state index contributed by atoms with van der Waals surface area (Å²) in [5.74, 6) is 0.578. The Morgan fingerprint density at radius 2 is 1.90 bits per heavy atom. The summed E-state index contributed by atoms with van der Waals surface area (Å²) >= 11 is 0. The minimum atomic E-state index is -3.35. The minimum Gasteiger partial charge on any atom is -0.382 e. The highest BCUT2D eigenvalue weighted by molar-refractivity contribution is 7.89. The molecule has 6 heteroatoms. The van der Waals surface area contributed by atoms with E-state index in [-0.39, 0.29) is 0 Å². The Morgan fingerprint density at radius 3 is 2.45 bits per heavy atom. The molecule has 0 radical (unpaired) electrons. The lowest BCUT2D eigenvalue weighted by Gasteiger charge is -2.35. The van der Waals surface area contributed by atoms with Crippen molar-refractivity contribution >= 4 is 15.7 Å². The molecule has 2 N–H and O–H groups in total. The highest BCUT2D eigenvalue weighted by Gasteiger charge is 2.23. The first-order valence-electron chi connectivity index (χ1n) is 6.91. The predicted molar refractivity (Wildman–Crippen MR) is 81.4 cm³/mol. The third kappa shape index (κ3) is 3.50. The van der Waals surface area contributed by atoms with Crippen molar-refractivity contribution in [3.63, 3.8) is 0 Å². The highest BCUT2D eigenvalue weighted by Crippen LogP contribution is 2.21. The Kier molecular flexibility index (Phi) is 4.67. The Bertz CT molecular complexity index is 542. The van der Waals surface area contributed by atoms with Crippen LogP contribution in [0, 0.1) is 5.92 Å². The number of hydrogen-bond donors (Lipinski definition) is 2. The van der Waals surface area contributed by atoms with Gasteiger partial charge >= 0.3 is 0 Å². The molecule has 0 aromatic heterocycles. The number of anilines is 1. The first-order chi connectivity index (χ1) is 9.42. The van der Waals surface area contributed by atoms with Crippen molar-refractivity contribution in [2.75, 3.05) is 32.5 Å². The topological polar surface area (TPSA) is 61.4 Å². The van der Waals surface area contributed by atoms with Gasteiger partial charge in [0, 0.05) is 18.3 Å². The molecule has 20 heavy (non-hydrogen) atoms. The summed E-state index contributed by atoms with van der Waals surface area (Å²) in [5, 5.41) is 3.51. The molecular weight excluding hydrogens is 274 g/mol. The number of rotatable bonds is 4. The van der Waals surface area contributed by atoms with E-state index in [1.165, 1.54) is 7.05 Å². The molecule has 2 unspecified atom stereocenters. The fourth-order valence-electron chi connectivity index (χ4n) is 2.63. The van der Waals surface area contributed by atoms with Gasteiger partial charge in [-0.25, -0.2) is 13.1 Å².